The average Bonchev–Trinajstić information content (AvgIpc) is 3.36. The van der Waals surface area contributed by atoms with Crippen LogP contribution in [0.5, 0.6) is 23.0 Å². The van der Waals surface area contributed by atoms with Gasteiger partial charge in [-0.3, -0.25) is 10.6 Å². The number of hydrogen-bond acceptors (Lipinski definition) is 12. The summed E-state index contributed by atoms with van der Waals surface area (Å²) in [5.74, 6) is -0.141. The zero-order valence-electron chi connectivity index (χ0n) is 38.3. The summed E-state index contributed by atoms with van der Waals surface area (Å²) in [5, 5.41) is 19.6. The van der Waals surface area contributed by atoms with Gasteiger partial charge in [0.15, 0.2) is 0 Å². The number of ether oxygens (including phenoxy) is 2. The first-order valence-electron chi connectivity index (χ1n) is 22.2. The molecule has 74 heavy (non-hydrogen) atoms. The molecule has 18 nitrogen and oxygen atoms in total. The second kappa shape index (κ2) is 21.6. The topological polar surface area (TPSA) is 246 Å². The maximum atomic E-state index is 13.5. The number of amides is 6. The van der Waals surface area contributed by atoms with Crippen molar-refractivity contribution in [2.75, 3.05) is 31.9 Å². The Balaban J connectivity index is 0.764. The Labute approximate surface area is 423 Å². The lowest BCUT2D eigenvalue weighted by Gasteiger charge is -2.12. The second-order valence-corrected chi connectivity index (χ2v) is 19.1. The molecule has 0 aromatic heterocycles. The summed E-state index contributed by atoms with van der Waals surface area (Å²) in [4.78, 5) is 50.2. The number of fused-ring (bicyclic) bond motifs is 2. The van der Waals surface area contributed by atoms with Gasteiger partial charge in [0.25, 0.3) is 0 Å². The molecular weight excluding hydrogens is 989 g/mol. The summed E-state index contributed by atoms with van der Waals surface area (Å²) in [7, 11) is -9.32. The van der Waals surface area contributed by atoms with Crippen LogP contribution >= 0.6 is 0 Å². The van der Waals surface area contributed by atoms with Crippen molar-refractivity contribution in [3.63, 3.8) is 0 Å². The van der Waals surface area contributed by atoms with E-state index >= 15 is 0 Å². The number of rotatable bonds is 14. The van der Waals surface area contributed by atoms with E-state index in [4.69, 9.17) is 17.8 Å². The number of carbonyl (C=O) groups excluding carboxylic acids is 4. The van der Waals surface area contributed by atoms with Crippen LogP contribution in [-0.2, 0) is 20.2 Å². The van der Waals surface area contributed by atoms with Crippen molar-refractivity contribution in [2.45, 2.75) is 9.79 Å². The molecule has 0 spiro atoms. The first kappa shape index (κ1) is 49.1. The number of benzene rings is 9. The quantitative estimate of drug-likeness (QED) is 0.0557. The highest BCUT2D eigenvalue weighted by Crippen LogP contribution is 2.28. The molecule has 9 rings (SSSR count). The van der Waals surface area contributed by atoms with E-state index in [0.717, 1.165) is 39.7 Å². The highest BCUT2D eigenvalue weighted by molar-refractivity contribution is 7.88. The van der Waals surface area contributed by atoms with Gasteiger partial charge in [-0.2, -0.15) is 16.8 Å². The number of urea groups is 2. The van der Waals surface area contributed by atoms with Gasteiger partial charge >= 0.3 is 44.5 Å². The molecule has 370 valence electrons. The monoisotopic (exact) mass is 1030 g/mol. The Kier molecular flexibility index (Phi) is 14.3. The normalized spacial score (nSPS) is 11.1. The third-order valence-electron chi connectivity index (χ3n) is 10.6. The van der Waals surface area contributed by atoms with Gasteiger partial charge in [0.05, 0.1) is 0 Å². The number of anilines is 6. The molecule has 0 aliphatic heterocycles. The Morgan fingerprint density at radius 1 is 0.297 bits per heavy atom. The molecule has 6 N–H and O–H groups in total. The fraction of sp³-hybridized carbons (Fsp3) is 0. The molecule has 0 aliphatic rings. The highest BCUT2D eigenvalue weighted by Gasteiger charge is 2.24. The van der Waals surface area contributed by atoms with Gasteiger partial charge in [-0.15, -0.1) is 0 Å². The maximum absolute atomic E-state index is 13.5. The molecule has 0 heterocycles. The average molecular weight is 1030 g/mol. The summed E-state index contributed by atoms with van der Waals surface area (Å²) in [6.45, 7) is 0. The molecule has 0 radical (unpaired) electrons. The fourth-order valence-corrected chi connectivity index (χ4v) is 9.30. The summed E-state index contributed by atoms with van der Waals surface area (Å²) in [6, 6.07) is 52.1. The van der Waals surface area contributed by atoms with Crippen LogP contribution in [0.25, 0.3) is 21.5 Å². The number of carbonyl (C=O) groups is 4. The number of hydrogen-bond donors (Lipinski definition) is 6. The molecular formula is C54H40N6O12S2. The van der Waals surface area contributed by atoms with Crippen LogP contribution in [0.4, 0.5) is 53.3 Å². The van der Waals surface area contributed by atoms with Gasteiger partial charge in [0.2, 0.25) is 0 Å². The SMILES string of the molecule is O=C(Nc1cccc(OC(=O)Nc2ccc3ccccc3c2)c1)Nc1cccc(OS(=O)(=O)c2cccc(S(=O)(=O)Oc3cccc(NC(=O)Nc4cccc(OC(=O)Nc5ccc6ccccc6c5)c4)c3)c2)c1. The van der Waals surface area contributed by atoms with Crippen molar-refractivity contribution in [3.8, 4) is 23.0 Å². The van der Waals surface area contributed by atoms with Crippen molar-refractivity contribution >= 4 is 100 Å². The zero-order chi connectivity index (χ0) is 51.7. The van der Waals surface area contributed by atoms with Crippen molar-refractivity contribution in [2.24, 2.45) is 0 Å². The molecule has 9 aromatic carbocycles. The Morgan fingerprint density at radius 2 is 0.622 bits per heavy atom. The van der Waals surface area contributed by atoms with E-state index in [1.165, 1.54) is 78.9 Å². The van der Waals surface area contributed by atoms with Gasteiger partial charge in [-0.05, 0) is 113 Å². The molecule has 0 fully saturated rings. The Hall–Kier alpha value is -9.92. The van der Waals surface area contributed by atoms with Crippen molar-refractivity contribution in [3.05, 3.63) is 206 Å². The zero-order valence-corrected chi connectivity index (χ0v) is 40.0. The third-order valence-corrected chi connectivity index (χ3v) is 13.1. The standard InChI is InChI=1S/C54H40N6O12S2/c61-51(55-39-14-5-18-45(30-39)69-53(63)59-43-26-24-35-10-1-3-12-37(35)28-43)57-41-16-7-20-47(32-41)71-73(65,66)49-22-9-23-50(34-49)74(67,68)72-48-21-8-17-42(33-48)58-52(62)56-40-15-6-19-46(31-40)70-54(64)60-44-27-25-36-11-2-4-13-38(36)29-44/h1-34H,(H,59,63)(H,60,64)(H2,55,57,61)(H2,56,58,62). The van der Waals surface area contributed by atoms with Crippen LogP contribution in [0.15, 0.2) is 216 Å². The van der Waals surface area contributed by atoms with E-state index in [2.05, 4.69) is 31.9 Å². The van der Waals surface area contributed by atoms with E-state index < -0.39 is 54.3 Å². The minimum absolute atomic E-state index is 0.134. The minimum Gasteiger partial charge on any atom is -0.410 e. The molecule has 0 unspecified atom stereocenters. The molecule has 0 atom stereocenters. The van der Waals surface area contributed by atoms with E-state index in [-0.39, 0.29) is 45.7 Å². The first-order valence-corrected chi connectivity index (χ1v) is 25.0. The molecule has 0 aliphatic carbocycles. The van der Waals surface area contributed by atoms with Crippen molar-refractivity contribution in [1.29, 1.82) is 0 Å². The summed E-state index contributed by atoms with van der Waals surface area (Å²) < 4.78 is 75.3. The molecule has 0 saturated carbocycles. The van der Waals surface area contributed by atoms with Gasteiger partial charge in [-0.1, -0.05) is 91.0 Å². The molecule has 20 heteroatoms. The Morgan fingerprint density at radius 3 is 1.01 bits per heavy atom. The largest absolute Gasteiger partial charge is 0.417 e. The van der Waals surface area contributed by atoms with Crippen LogP contribution < -0.4 is 49.7 Å². The smallest absolute Gasteiger partial charge is 0.410 e. The summed E-state index contributed by atoms with van der Waals surface area (Å²) in [6.07, 6.45) is -1.49. The summed E-state index contributed by atoms with van der Waals surface area (Å²) in [5.41, 5.74) is 1.87. The lowest BCUT2D eigenvalue weighted by atomic mass is 10.1. The van der Waals surface area contributed by atoms with Crippen LogP contribution in [-0.4, -0.2) is 41.1 Å². The lowest BCUT2D eigenvalue weighted by molar-refractivity contribution is 0.214. The van der Waals surface area contributed by atoms with Crippen molar-refractivity contribution in [1.82, 2.24) is 0 Å². The molecule has 0 saturated heterocycles. The van der Waals surface area contributed by atoms with E-state index in [1.807, 2.05) is 72.8 Å². The molecule has 6 amide bonds. The van der Waals surface area contributed by atoms with E-state index in [9.17, 15) is 36.0 Å². The van der Waals surface area contributed by atoms with Gasteiger partial charge in [0, 0.05) is 58.4 Å². The van der Waals surface area contributed by atoms with E-state index in [1.54, 1.807) is 36.4 Å². The number of nitrogens with one attached hydrogen (secondary N) is 6. The predicted octanol–water partition coefficient (Wildman–Crippen LogP) is 12.0. The Bertz CT molecular complexity index is 3610. The maximum Gasteiger partial charge on any atom is 0.417 e. The highest BCUT2D eigenvalue weighted by atomic mass is 32.2. The predicted molar refractivity (Wildman–Crippen MR) is 280 cm³/mol. The minimum atomic E-state index is -4.66. The van der Waals surface area contributed by atoms with Gasteiger partial charge < -0.3 is 39.1 Å². The lowest BCUT2D eigenvalue weighted by Crippen LogP contribution is -2.20. The summed E-state index contributed by atoms with van der Waals surface area (Å²) >= 11 is 0. The van der Waals surface area contributed by atoms with Crippen LogP contribution in [0.1, 0.15) is 0 Å². The second-order valence-electron chi connectivity index (χ2n) is 16.0. The van der Waals surface area contributed by atoms with Crippen molar-refractivity contribution < 1.29 is 53.9 Å². The van der Waals surface area contributed by atoms with Crippen LogP contribution in [0, 0.1) is 0 Å². The third kappa shape index (κ3) is 12.9. The van der Waals surface area contributed by atoms with Gasteiger partial charge in [-0.25, -0.2) is 19.2 Å². The van der Waals surface area contributed by atoms with E-state index in [0.29, 0.717) is 11.4 Å². The van der Waals surface area contributed by atoms with Crippen LogP contribution in [0.3, 0.4) is 0 Å². The fourth-order valence-electron chi connectivity index (χ4n) is 7.28. The first-order chi connectivity index (χ1) is 35.7. The van der Waals surface area contributed by atoms with Gasteiger partial charge in [0.1, 0.15) is 32.8 Å². The van der Waals surface area contributed by atoms with Crippen LogP contribution in [0.2, 0.25) is 0 Å². The molecule has 9 aromatic rings. The molecule has 0 bridgehead atoms.